The molecule has 0 aliphatic heterocycles. The van der Waals surface area contributed by atoms with E-state index in [9.17, 15) is 0 Å². The van der Waals surface area contributed by atoms with Gasteiger partial charge in [-0.05, 0) is 125 Å². The average Bonchev–Trinajstić information content (AvgIpc) is 2.75. The van der Waals surface area contributed by atoms with Crippen molar-refractivity contribution in [1.29, 1.82) is 0 Å². The Morgan fingerprint density at radius 3 is 1.29 bits per heavy atom. The Hall–Kier alpha value is -2.54. The third kappa shape index (κ3) is 6.90. The summed E-state index contributed by atoms with van der Waals surface area (Å²) in [5, 5.41) is 0. The maximum Gasteiger partial charge on any atom is 0.0467 e. The van der Waals surface area contributed by atoms with Gasteiger partial charge in [0.2, 0.25) is 0 Å². The Balaban J connectivity index is 2.45. The Morgan fingerprint density at radius 2 is 0.895 bits per heavy atom. The minimum Gasteiger partial charge on any atom is -0.310 e. The van der Waals surface area contributed by atoms with Gasteiger partial charge in [0.25, 0.3) is 0 Å². The van der Waals surface area contributed by atoms with E-state index in [0.717, 1.165) is 6.42 Å². The van der Waals surface area contributed by atoms with Crippen LogP contribution in [0.3, 0.4) is 0 Å². The van der Waals surface area contributed by atoms with Crippen molar-refractivity contribution in [1.82, 2.24) is 0 Å². The van der Waals surface area contributed by atoms with Crippen LogP contribution in [0.1, 0.15) is 115 Å². The van der Waals surface area contributed by atoms with Crippen LogP contribution in [-0.2, 0) is 22.7 Å². The Kier molecular flexibility index (Phi) is 8.33. The molecule has 0 aliphatic carbocycles. The van der Waals surface area contributed by atoms with Gasteiger partial charge in [0.15, 0.2) is 0 Å². The van der Waals surface area contributed by atoms with Gasteiger partial charge < -0.3 is 4.90 Å². The van der Waals surface area contributed by atoms with Crippen LogP contribution in [-0.4, -0.2) is 0 Å². The highest BCUT2D eigenvalue weighted by molar-refractivity contribution is 5.79. The zero-order valence-corrected chi connectivity index (χ0v) is 26.9. The maximum absolute atomic E-state index is 2.52. The minimum absolute atomic E-state index is 0.0524. The molecule has 0 spiro atoms. The zero-order chi connectivity index (χ0) is 28.8. The van der Waals surface area contributed by atoms with Crippen molar-refractivity contribution < 1.29 is 0 Å². The van der Waals surface area contributed by atoms with Crippen LogP contribution in [0.4, 0.5) is 17.1 Å². The van der Waals surface area contributed by atoms with E-state index in [-0.39, 0.29) is 16.2 Å². The van der Waals surface area contributed by atoms with Crippen LogP contribution in [0.15, 0.2) is 48.5 Å². The number of aryl methyl sites for hydroxylation is 2. The fraction of sp³-hybridized carbons (Fsp3) is 0.514. The predicted octanol–water partition coefficient (Wildman–Crippen LogP) is 11.2. The summed E-state index contributed by atoms with van der Waals surface area (Å²) in [7, 11) is 0. The first kappa shape index (κ1) is 30.0. The minimum atomic E-state index is 0.0524. The monoisotopic (exact) mass is 511 g/mol. The molecule has 1 heteroatoms. The largest absolute Gasteiger partial charge is 0.310 e. The highest BCUT2D eigenvalue weighted by Crippen LogP contribution is 2.42. The Bertz CT molecular complexity index is 1230. The zero-order valence-electron chi connectivity index (χ0n) is 26.9. The molecule has 3 aromatic carbocycles. The summed E-state index contributed by atoms with van der Waals surface area (Å²) in [5.41, 5.74) is 13.5. The standard InChI is InChI=1S/C37H53N/c1-24(2)15-28-18-29(35(6,7)8)21-33(19-28)38(32-16-25(3)27(5)26(4)17-32)34-22-30(36(9,10)11)20-31(23-34)37(12,13)14/h16-24H,15H2,1-14H3. The van der Waals surface area contributed by atoms with E-state index >= 15 is 0 Å². The highest BCUT2D eigenvalue weighted by atomic mass is 15.1. The fourth-order valence-corrected chi connectivity index (χ4v) is 5.02. The number of anilines is 3. The van der Waals surface area contributed by atoms with E-state index in [4.69, 9.17) is 0 Å². The molecule has 0 N–H and O–H groups in total. The van der Waals surface area contributed by atoms with E-state index < -0.39 is 0 Å². The molecule has 1 nitrogen and oxygen atoms in total. The number of hydrogen-bond donors (Lipinski definition) is 0. The maximum atomic E-state index is 2.52. The van der Waals surface area contributed by atoms with Gasteiger partial charge in [0, 0.05) is 17.1 Å². The molecule has 3 rings (SSSR count). The van der Waals surface area contributed by atoms with Crippen molar-refractivity contribution in [3.8, 4) is 0 Å². The molecule has 0 bridgehead atoms. The van der Waals surface area contributed by atoms with Gasteiger partial charge in [-0.3, -0.25) is 0 Å². The molecule has 0 radical (unpaired) electrons. The lowest BCUT2D eigenvalue weighted by atomic mass is 9.80. The van der Waals surface area contributed by atoms with E-state index in [1.165, 1.54) is 56.0 Å². The molecule has 206 valence electrons. The molecule has 0 atom stereocenters. The lowest BCUT2D eigenvalue weighted by Gasteiger charge is -2.33. The van der Waals surface area contributed by atoms with E-state index in [1.54, 1.807) is 0 Å². The normalized spacial score (nSPS) is 12.8. The quantitative estimate of drug-likeness (QED) is 0.329. The van der Waals surface area contributed by atoms with Crippen molar-refractivity contribution >= 4 is 17.1 Å². The van der Waals surface area contributed by atoms with Crippen LogP contribution in [0, 0.1) is 26.7 Å². The van der Waals surface area contributed by atoms with Crippen molar-refractivity contribution in [2.24, 2.45) is 5.92 Å². The van der Waals surface area contributed by atoms with Crippen molar-refractivity contribution in [3.05, 3.63) is 87.5 Å². The van der Waals surface area contributed by atoms with Crippen molar-refractivity contribution in [2.75, 3.05) is 4.90 Å². The molecule has 38 heavy (non-hydrogen) atoms. The van der Waals surface area contributed by atoms with Gasteiger partial charge in [0.1, 0.15) is 0 Å². The molecule has 0 aliphatic rings. The molecule has 0 saturated heterocycles. The SMILES string of the molecule is Cc1cc(N(c2cc(CC(C)C)cc(C(C)(C)C)c2)c2cc(C(C)(C)C)cc(C(C)(C)C)c2)cc(C)c1C. The Morgan fingerprint density at radius 1 is 0.526 bits per heavy atom. The van der Waals surface area contributed by atoms with Crippen LogP contribution in [0.25, 0.3) is 0 Å². The lowest BCUT2D eigenvalue weighted by Crippen LogP contribution is -2.20. The van der Waals surface area contributed by atoms with Crippen LogP contribution in [0.5, 0.6) is 0 Å². The fourth-order valence-electron chi connectivity index (χ4n) is 5.02. The second kappa shape index (κ2) is 10.6. The third-order valence-electron chi connectivity index (χ3n) is 7.82. The molecular weight excluding hydrogens is 458 g/mol. The topological polar surface area (TPSA) is 3.24 Å². The van der Waals surface area contributed by atoms with Gasteiger partial charge >= 0.3 is 0 Å². The second-order valence-corrected chi connectivity index (χ2v) is 15.0. The summed E-state index contributed by atoms with van der Waals surface area (Å²) in [4.78, 5) is 2.52. The summed E-state index contributed by atoms with van der Waals surface area (Å²) in [6.45, 7) is 32.3. The summed E-state index contributed by atoms with van der Waals surface area (Å²) in [6.07, 6.45) is 1.08. The van der Waals surface area contributed by atoms with Crippen LogP contribution >= 0.6 is 0 Å². The molecule has 0 aromatic heterocycles. The number of rotatable bonds is 5. The van der Waals surface area contributed by atoms with Crippen LogP contribution in [0.2, 0.25) is 0 Å². The van der Waals surface area contributed by atoms with Gasteiger partial charge in [-0.2, -0.15) is 0 Å². The van der Waals surface area contributed by atoms with Gasteiger partial charge in [-0.15, -0.1) is 0 Å². The van der Waals surface area contributed by atoms with Gasteiger partial charge in [-0.1, -0.05) is 88.3 Å². The molecule has 0 unspecified atom stereocenters. The first-order valence-corrected chi connectivity index (χ1v) is 14.5. The smallest absolute Gasteiger partial charge is 0.0467 e. The molecule has 0 saturated carbocycles. The van der Waals surface area contributed by atoms with E-state index in [1.807, 2.05) is 0 Å². The first-order valence-electron chi connectivity index (χ1n) is 14.5. The van der Waals surface area contributed by atoms with Crippen LogP contribution < -0.4 is 4.90 Å². The van der Waals surface area contributed by atoms with Crippen molar-refractivity contribution in [2.45, 2.75) is 120 Å². The number of hydrogen-bond acceptors (Lipinski definition) is 1. The average molecular weight is 512 g/mol. The van der Waals surface area contributed by atoms with E-state index in [2.05, 4.69) is 150 Å². The van der Waals surface area contributed by atoms with Gasteiger partial charge in [-0.25, -0.2) is 0 Å². The second-order valence-electron chi connectivity index (χ2n) is 15.0. The molecule has 3 aromatic rings. The third-order valence-corrected chi connectivity index (χ3v) is 7.82. The number of nitrogens with zero attached hydrogens (tertiary/aromatic N) is 1. The van der Waals surface area contributed by atoms with Gasteiger partial charge in [0.05, 0.1) is 0 Å². The van der Waals surface area contributed by atoms with E-state index in [0.29, 0.717) is 5.92 Å². The summed E-state index contributed by atoms with van der Waals surface area (Å²) < 4.78 is 0. The van der Waals surface area contributed by atoms with Crippen molar-refractivity contribution in [3.63, 3.8) is 0 Å². The highest BCUT2D eigenvalue weighted by Gasteiger charge is 2.25. The molecule has 0 fully saturated rings. The molecule has 0 amide bonds. The Labute approximate surface area is 234 Å². The number of benzene rings is 3. The summed E-state index contributed by atoms with van der Waals surface area (Å²) in [6, 6.07) is 19.3. The summed E-state index contributed by atoms with van der Waals surface area (Å²) in [5.74, 6) is 0.604. The molecule has 0 heterocycles. The lowest BCUT2D eigenvalue weighted by molar-refractivity contribution is 0.568. The first-order chi connectivity index (χ1) is 17.3. The summed E-state index contributed by atoms with van der Waals surface area (Å²) >= 11 is 0. The molecular formula is C37H53N. The predicted molar refractivity (Wildman–Crippen MR) is 170 cm³/mol.